The first-order chi connectivity index (χ1) is 8.90. The highest BCUT2D eigenvalue weighted by Gasteiger charge is 2.14. The van der Waals surface area contributed by atoms with E-state index in [4.69, 9.17) is 0 Å². The van der Waals surface area contributed by atoms with Gasteiger partial charge in [-0.25, -0.2) is 8.42 Å². The van der Waals surface area contributed by atoms with Crippen molar-refractivity contribution in [3.8, 4) is 0 Å². The Hall–Kier alpha value is -0.550. The van der Waals surface area contributed by atoms with Gasteiger partial charge in [0.2, 0.25) is 0 Å². The molecule has 0 heterocycles. The van der Waals surface area contributed by atoms with E-state index in [2.05, 4.69) is 35.1 Å². The van der Waals surface area contributed by atoms with Gasteiger partial charge in [-0.2, -0.15) is 0 Å². The molecule has 0 aromatic heterocycles. The molecule has 3 nitrogen and oxygen atoms in total. The SMILES string of the molecule is CCCS(=O)(=O)c1ccc(NC(C)C(C)CBr)cc1. The standard InChI is InChI=1S/C14H22BrNO2S/c1-4-9-19(17,18)14-7-5-13(6-8-14)16-12(3)11(2)10-15/h5-8,11-12,16H,4,9-10H2,1-3H3. The Morgan fingerprint density at radius 2 is 1.79 bits per heavy atom. The maximum atomic E-state index is 11.9. The van der Waals surface area contributed by atoms with E-state index in [1.165, 1.54) is 0 Å². The zero-order chi connectivity index (χ0) is 14.5. The molecule has 0 spiro atoms. The molecule has 108 valence electrons. The van der Waals surface area contributed by atoms with Crippen LogP contribution in [-0.4, -0.2) is 25.5 Å². The third kappa shape index (κ3) is 4.80. The fraction of sp³-hybridized carbons (Fsp3) is 0.571. The second-order valence-corrected chi connectivity index (χ2v) is 7.66. The Bertz CT molecular complexity index is 485. The molecule has 2 unspecified atom stereocenters. The molecular weight excluding hydrogens is 326 g/mol. The van der Waals surface area contributed by atoms with Crippen LogP contribution in [0.5, 0.6) is 0 Å². The summed E-state index contributed by atoms with van der Waals surface area (Å²) in [6, 6.07) is 7.36. The van der Waals surface area contributed by atoms with Gasteiger partial charge in [0.1, 0.15) is 0 Å². The normalized spacial score (nSPS) is 14.9. The molecule has 0 amide bonds. The molecule has 1 aromatic rings. The molecular formula is C14H22BrNO2S. The lowest BCUT2D eigenvalue weighted by Crippen LogP contribution is -2.24. The van der Waals surface area contributed by atoms with Gasteiger partial charge in [0.05, 0.1) is 10.6 Å². The van der Waals surface area contributed by atoms with Gasteiger partial charge in [-0.05, 0) is 43.5 Å². The molecule has 1 N–H and O–H groups in total. The first-order valence-electron chi connectivity index (χ1n) is 6.56. The van der Waals surface area contributed by atoms with Gasteiger partial charge in [0.15, 0.2) is 9.84 Å². The van der Waals surface area contributed by atoms with Crippen LogP contribution in [0.15, 0.2) is 29.2 Å². The van der Waals surface area contributed by atoms with Crippen LogP contribution in [0.2, 0.25) is 0 Å². The minimum absolute atomic E-state index is 0.205. The van der Waals surface area contributed by atoms with E-state index in [9.17, 15) is 8.42 Å². The molecule has 0 fully saturated rings. The number of nitrogens with one attached hydrogen (secondary N) is 1. The number of sulfone groups is 1. The summed E-state index contributed by atoms with van der Waals surface area (Å²) in [6.45, 7) is 6.15. The number of benzene rings is 1. The molecule has 0 saturated carbocycles. The van der Waals surface area contributed by atoms with Crippen molar-refractivity contribution in [2.75, 3.05) is 16.4 Å². The third-order valence-corrected chi connectivity index (χ3v) is 6.13. The summed E-state index contributed by atoms with van der Waals surface area (Å²) in [5.74, 6) is 0.708. The highest BCUT2D eigenvalue weighted by atomic mass is 79.9. The molecule has 19 heavy (non-hydrogen) atoms. The van der Waals surface area contributed by atoms with Crippen molar-refractivity contribution in [1.29, 1.82) is 0 Å². The Morgan fingerprint density at radius 3 is 2.26 bits per heavy atom. The van der Waals surface area contributed by atoms with E-state index < -0.39 is 9.84 Å². The predicted octanol–water partition coefficient (Wildman–Crippen LogP) is 3.70. The zero-order valence-corrected chi connectivity index (χ0v) is 14.1. The molecule has 0 bridgehead atoms. The lowest BCUT2D eigenvalue weighted by atomic mass is 10.1. The minimum atomic E-state index is -3.11. The maximum absolute atomic E-state index is 11.9. The van der Waals surface area contributed by atoms with Crippen LogP contribution in [0.1, 0.15) is 27.2 Å². The first kappa shape index (κ1) is 16.5. The molecule has 1 aromatic carbocycles. The van der Waals surface area contributed by atoms with Crippen molar-refractivity contribution < 1.29 is 8.42 Å². The van der Waals surface area contributed by atoms with Gasteiger partial charge < -0.3 is 5.32 Å². The lowest BCUT2D eigenvalue weighted by Gasteiger charge is -2.20. The van der Waals surface area contributed by atoms with Crippen molar-refractivity contribution in [1.82, 2.24) is 0 Å². The second kappa shape index (κ2) is 7.29. The summed E-state index contributed by atoms with van der Waals surface area (Å²) < 4.78 is 23.8. The molecule has 0 saturated heterocycles. The van der Waals surface area contributed by atoms with Crippen molar-refractivity contribution in [2.45, 2.75) is 38.1 Å². The number of anilines is 1. The van der Waals surface area contributed by atoms with Crippen LogP contribution in [0, 0.1) is 5.92 Å². The van der Waals surface area contributed by atoms with Crippen LogP contribution >= 0.6 is 15.9 Å². The fourth-order valence-corrected chi connectivity index (χ4v) is 3.57. The number of hydrogen-bond donors (Lipinski definition) is 1. The molecule has 1 rings (SSSR count). The Kier molecular flexibility index (Phi) is 6.33. The molecule has 0 aliphatic carbocycles. The van der Waals surface area contributed by atoms with Crippen LogP contribution < -0.4 is 5.32 Å². The number of alkyl halides is 1. The van der Waals surface area contributed by atoms with Gasteiger partial charge in [0.25, 0.3) is 0 Å². The zero-order valence-electron chi connectivity index (χ0n) is 11.7. The van der Waals surface area contributed by atoms with E-state index in [1.54, 1.807) is 12.1 Å². The van der Waals surface area contributed by atoms with Crippen LogP contribution in [0.3, 0.4) is 0 Å². The summed E-state index contributed by atoms with van der Waals surface area (Å²) in [5, 5.41) is 4.31. The molecule has 5 heteroatoms. The molecule has 0 aliphatic rings. The minimum Gasteiger partial charge on any atom is -0.382 e. The van der Waals surface area contributed by atoms with Gasteiger partial charge in [0, 0.05) is 17.1 Å². The van der Waals surface area contributed by atoms with E-state index in [-0.39, 0.29) is 5.75 Å². The smallest absolute Gasteiger partial charge is 0.178 e. The van der Waals surface area contributed by atoms with Crippen molar-refractivity contribution in [3.05, 3.63) is 24.3 Å². The first-order valence-corrected chi connectivity index (χ1v) is 9.33. The predicted molar refractivity (Wildman–Crippen MR) is 84.8 cm³/mol. The maximum Gasteiger partial charge on any atom is 0.178 e. The van der Waals surface area contributed by atoms with Crippen molar-refractivity contribution in [3.63, 3.8) is 0 Å². The summed E-state index contributed by atoms with van der Waals surface area (Å²) in [7, 11) is -3.11. The molecule has 0 radical (unpaired) electrons. The van der Waals surface area contributed by atoms with E-state index >= 15 is 0 Å². The highest BCUT2D eigenvalue weighted by molar-refractivity contribution is 9.09. The fourth-order valence-electron chi connectivity index (χ4n) is 1.68. The summed E-state index contributed by atoms with van der Waals surface area (Å²) in [5.41, 5.74) is 0.954. The average molecular weight is 348 g/mol. The van der Waals surface area contributed by atoms with Crippen molar-refractivity contribution >= 4 is 31.5 Å². The number of halogens is 1. The van der Waals surface area contributed by atoms with Gasteiger partial charge >= 0.3 is 0 Å². The quantitative estimate of drug-likeness (QED) is 0.765. The Balaban J connectivity index is 2.77. The van der Waals surface area contributed by atoms with Gasteiger partial charge in [-0.15, -0.1) is 0 Å². The third-order valence-electron chi connectivity index (χ3n) is 3.18. The average Bonchev–Trinajstić information content (AvgIpc) is 2.38. The number of rotatable bonds is 7. The molecule has 0 aliphatic heterocycles. The summed E-state index contributed by atoms with van der Waals surface area (Å²) in [4.78, 5) is 0.404. The monoisotopic (exact) mass is 347 g/mol. The Labute approximate surface area is 124 Å². The van der Waals surface area contributed by atoms with Crippen LogP contribution in [0.4, 0.5) is 5.69 Å². The van der Waals surface area contributed by atoms with Crippen LogP contribution in [0.25, 0.3) is 0 Å². The summed E-state index contributed by atoms with van der Waals surface area (Å²) in [6.07, 6.45) is 0.641. The summed E-state index contributed by atoms with van der Waals surface area (Å²) >= 11 is 3.46. The second-order valence-electron chi connectivity index (χ2n) is 4.91. The van der Waals surface area contributed by atoms with E-state index in [0.717, 1.165) is 11.0 Å². The Morgan fingerprint density at radius 1 is 1.21 bits per heavy atom. The molecule has 2 atom stereocenters. The lowest BCUT2D eigenvalue weighted by molar-refractivity contribution is 0.572. The van der Waals surface area contributed by atoms with Crippen molar-refractivity contribution in [2.24, 2.45) is 5.92 Å². The number of hydrogen-bond acceptors (Lipinski definition) is 3. The highest BCUT2D eigenvalue weighted by Crippen LogP contribution is 2.18. The van der Waals surface area contributed by atoms with E-state index in [1.807, 2.05) is 19.1 Å². The van der Waals surface area contributed by atoms with Gasteiger partial charge in [-0.3, -0.25) is 0 Å². The largest absolute Gasteiger partial charge is 0.382 e. The van der Waals surface area contributed by atoms with Gasteiger partial charge in [-0.1, -0.05) is 29.8 Å². The topological polar surface area (TPSA) is 46.2 Å². The van der Waals surface area contributed by atoms with E-state index in [0.29, 0.717) is 23.3 Å². The van der Waals surface area contributed by atoms with Crippen LogP contribution in [-0.2, 0) is 9.84 Å².